The summed E-state index contributed by atoms with van der Waals surface area (Å²) in [7, 11) is 1.50. The van der Waals surface area contributed by atoms with Gasteiger partial charge in [0.05, 0.1) is 0 Å². The Bertz CT molecular complexity index is 823. The molecule has 0 aliphatic heterocycles. The molecule has 0 aliphatic carbocycles. The molecule has 3 aromatic rings. The normalized spacial score (nSPS) is 11.1. The molecule has 1 aromatic carbocycles. The highest BCUT2D eigenvalue weighted by Crippen LogP contribution is 2.27. The van der Waals surface area contributed by atoms with Gasteiger partial charge in [-0.05, 0) is 12.1 Å². The summed E-state index contributed by atoms with van der Waals surface area (Å²) in [6.45, 7) is 0.178. The fourth-order valence-electron chi connectivity index (χ4n) is 1.99. The van der Waals surface area contributed by atoms with Gasteiger partial charge in [-0.15, -0.1) is 0 Å². The Kier molecular flexibility index (Phi) is 3.08. The van der Waals surface area contributed by atoms with Gasteiger partial charge in [0.15, 0.2) is 17.2 Å². The van der Waals surface area contributed by atoms with E-state index in [0.717, 1.165) is 0 Å². The second kappa shape index (κ2) is 4.90. The van der Waals surface area contributed by atoms with E-state index >= 15 is 0 Å². The van der Waals surface area contributed by atoms with Gasteiger partial charge in [0.1, 0.15) is 18.1 Å². The van der Waals surface area contributed by atoms with Crippen LogP contribution in [0.15, 0.2) is 39.5 Å². The number of H-pyrrole nitrogens is 1. The SMILES string of the molecule is COCc1nc(-c2cc3cccc(F)c3o2)cc(=O)[nH]1. The van der Waals surface area contributed by atoms with Crippen LogP contribution in [-0.4, -0.2) is 17.1 Å². The van der Waals surface area contributed by atoms with Crippen molar-refractivity contribution in [2.24, 2.45) is 0 Å². The van der Waals surface area contributed by atoms with E-state index in [2.05, 4.69) is 9.97 Å². The van der Waals surface area contributed by atoms with Gasteiger partial charge < -0.3 is 14.1 Å². The Balaban J connectivity index is 2.15. The Hall–Kier alpha value is -2.47. The first kappa shape index (κ1) is 12.6. The highest BCUT2D eigenvalue weighted by Gasteiger charge is 2.12. The Morgan fingerprint density at radius 3 is 3.00 bits per heavy atom. The highest BCUT2D eigenvalue weighted by molar-refractivity contribution is 5.82. The Morgan fingerprint density at radius 2 is 2.25 bits per heavy atom. The third-order valence-corrected chi connectivity index (χ3v) is 2.82. The van der Waals surface area contributed by atoms with Gasteiger partial charge in [-0.1, -0.05) is 12.1 Å². The van der Waals surface area contributed by atoms with Gasteiger partial charge in [0.25, 0.3) is 5.56 Å². The number of hydrogen-bond acceptors (Lipinski definition) is 4. The van der Waals surface area contributed by atoms with Crippen molar-refractivity contribution in [3.8, 4) is 11.5 Å². The van der Waals surface area contributed by atoms with Crippen LogP contribution in [0.25, 0.3) is 22.4 Å². The summed E-state index contributed by atoms with van der Waals surface area (Å²) < 4.78 is 24.0. The van der Waals surface area contributed by atoms with Crippen molar-refractivity contribution in [2.45, 2.75) is 6.61 Å². The third-order valence-electron chi connectivity index (χ3n) is 2.82. The number of hydrogen-bond donors (Lipinski definition) is 1. The molecule has 5 nitrogen and oxygen atoms in total. The molecule has 0 radical (unpaired) electrons. The summed E-state index contributed by atoms with van der Waals surface area (Å²) in [5, 5.41) is 0.621. The number of fused-ring (bicyclic) bond motifs is 1. The summed E-state index contributed by atoms with van der Waals surface area (Å²) in [6.07, 6.45) is 0. The van der Waals surface area contributed by atoms with E-state index in [9.17, 15) is 9.18 Å². The molecule has 6 heteroatoms. The van der Waals surface area contributed by atoms with Crippen LogP contribution in [0.4, 0.5) is 4.39 Å². The highest BCUT2D eigenvalue weighted by atomic mass is 19.1. The van der Waals surface area contributed by atoms with Crippen molar-refractivity contribution in [1.29, 1.82) is 0 Å². The van der Waals surface area contributed by atoms with Gasteiger partial charge in [0, 0.05) is 18.6 Å². The van der Waals surface area contributed by atoms with E-state index < -0.39 is 5.82 Å². The predicted octanol–water partition coefficient (Wildman–Crippen LogP) is 2.47. The first-order chi connectivity index (χ1) is 9.67. The predicted molar refractivity (Wildman–Crippen MR) is 70.7 cm³/mol. The zero-order valence-electron chi connectivity index (χ0n) is 10.6. The van der Waals surface area contributed by atoms with E-state index in [1.54, 1.807) is 18.2 Å². The van der Waals surface area contributed by atoms with Crippen LogP contribution in [0.3, 0.4) is 0 Å². The number of aromatic amines is 1. The largest absolute Gasteiger partial charge is 0.451 e. The first-order valence-corrected chi connectivity index (χ1v) is 5.95. The van der Waals surface area contributed by atoms with Crippen molar-refractivity contribution >= 4 is 11.0 Å². The number of aromatic nitrogens is 2. The molecule has 20 heavy (non-hydrogen) atoms. The Morgan fingerprint density at radius 1 is 1.40 bits per heavy atom. The number of benzene rings is 1. The van der Waals surface area contributed by atoms with Crippen LogP contribution in [0, 0.1) is 5.82 Å². The number of rotatable bonds is 3. The fourth-order valence-corrected chi connectivity index (χ4v) is 1.99. The van der Waals surface area contributed by atoms with E-state index in [-0.39, 0.29) is 17.7 Å². The molecule has 0 unspecified atom stereocenters. The molecule has 1 N–H and O–H groups in total. The fraction of sp³-hybridized carbons (Fsp3) is 0.143. The summed E-state index contributed by atoms with van der Waals surface area (Å²) >= 11 is 0. The molecule has 102 valence electrons. The van der Waals surface area contributed by atoms with Crippen LogP contribution in [0.1, 0.15) is 5.82 Å². The average molecular weight is 274 g/mol. The number of para-hydroxylation sites is 1. The maximum Gasteiger partial charge on any atom is 0.251 e. The molecule has 0 saturated carbocycles. The van der Waals surface area contributed by atoms with Crippen molar-refractivity contribution in [1.82, 2.24) is 9.97 Å². The Labute approximate surface area is 113 Å². The molecule has 2 heterocycles. The lowest BCUT2D eigenvalue weighted by Gasteiger charge is -2.00. The number of nitrogens with zero attached hydrogens (tertiary/aromatic N) is 1. The van der Waals surface area contributed by atoms with Gasteiger partial charge in [-0.25, -0.2) is 9.37 Å². The van der Waals surface area contributed by atoms with Crippen molar-refractivity contribution in [2.75, 3.05) is 7.11 Å². The minimum Gasteiger partial charge on any atom is -0.451 e. The minimum atomic E-state index is -0.448. The zero-order valence-corrected chi connectivity index (χ0v) is 10.6. The number of halogens is 1. The summed E-state index contributed by atoms with van der Waals surface area (Å²) in [6, 6.07) is 7.59. The van der Waals surface area contributed by atoms with Crippen LogP contribution < -0.4 is 5.56 Å². The van der Waals surface area contributed by atoms with E-state index in [1.165, 1.54) is 19.2 Å². The molecule has 0 aliphatic rings. The summed E-state index contributed by atoms with van der Waals surface area (Å²) in [5.74, 6) is 0.278. The number of furan rings is 1. The quantitative estimate of drug-likeness (QED) is 0.796. The second-order valence-electron chi connectivity index (χ2n) is 4.28. The third kappa shape index (κ3) is 2.21. The number of nitrogens with one attached hydrogen (secondary N) is 1. The smallest absolute Gasteiger partial charge is 0.251 e. The lowest BCUT2D eigenvalue weighted by Crippen LogP contribution is -2.11. The van der Waals surface area contributed by atoms with Crippen LogP contribution >= 0.6 is 0 Å². The van der Waals surface area contributed by atoms with Gasteiger partial charge >= 0.3 is 0 Å². The maximum absolute atomic E-state index is 13.6. The zero-order chi connectivity index (χ0) is 14.1. The molecular formula is C14H11FN2O3. The molecule has 2 aromatic heterocycles. The van der Waals surface area contributed by atoms with Crippen molar-refractivity contribution in [3.63, 3.8) is 0 Å². The second-order valence-corrected chi connectivity index (χ2v) is 4.28. The molecule has 3 rings (SSSR count). The molecule has 0 bridgehead atoms. The number of ether oxygens (including phenoxy) is 1. The van der Waals surface area contributed by atoms with Gasteiger partial charge in [-0.3, -0.25) is 4.79 Å². The summed E-state index contributed by atoms with van der Waals surface area (Å²) in [5.41, 5.74) is 0.178. The molecule has 0 saturated heterocycles. The minimum absolute atomic E-state index is 0.151. The van der Waals surface area contributed by atoms with Gasteiger partial charge in [0.2, 0.25) is 0 Å². The van der Waals surface area contributed by atoms with E-state index in [4.69, 9.17) is 9.15 Å². The van der Waals surface area contributed by atoms with Crippen LogP contribution in [0.5, 0.6) is 0 Å². The molecular weight excluding hydrogens is 263 g/mol. The first-order valence-electron chi connectivity index (χ1n) is 5.95. The lowest BCUT2D eigenvalue weighted by molar-refractivity contribution is 0.177. The van der Waals surface area contributed by atoms with Crippen LogP contribution in [0.2, 0.25) is 0 Å². The summed E-state index contributed by atoms with van der Waals surface area (Å²) in [4.78, 5) is 18.4. The van der Waals surface area contributed by atoms with Crippen LogP contribution in [-0.2, 0) is 11.3 Å². The maximum atomic E-state index is 13.6. The average Bonchev–Trinajstić information content (AvgIpc) is 2.84. The molecule has 0 spiro atoms. The number of methoxy groups -OCH3 is 1. The standard InChI is InChI=1S/C14H11FN2O3/c1-19-7-12-16-10(6-13(18)17-12)11-5-8-3-2-4-9(15)14(8)20-11/h2-6H,7H2,1H3,(H,16,17,18). The molecule has 0 atom stereocenters. The van der Waals surface area contributed by atoms with Crippen molar-refractivity contribution in [3.05, 3.63) is 52.3 Å². The van der Waals surface area contributed by atoms with Crippen molar-refractivity contribution < 1.29 is 13.5 Å². The topological polar surface area (TPSA) is 68.1 Å². The monoisotopic (exact) mass is 274 g/mol. The van der Waals surface area contributed by atoms with E-state index in [0.29, 0.717) is 22.7 Å². The molecule has 0 fully saturated rings. The van der Waals surface area contributed by atoms with E-state index in [1.807, 2.05) is 0 Å². The lowest BCUT2D eigenvalue weighted by atomic mass is 10.2. The van der Waals surface area contributed by atoms with Gasteiger partial charge in [-0.2, -0.15) is 0 Å². The molecule has 0 amide bonds.